The summed E-state index contributed by atoms with van der Waals surface area (Å²) in [6.45, 7) is 4.45. The number of hydrogen-bond acceptors (Lipinski definition) is 6. The highest BCUT2D eigenvalue weighted by Gasteiger charge is 2.41. The summed E-state index contributed by atoms with van der Waals surface area (Å²) in [7, 11) is 0. The number of alkyl halides is 3. The molecule has 0 saturated carbocycles. The van der Waals surface area contributed by atoms with E-state index in [0.717, 1.165) is 4.70 Å². The zero-order chi connectivity index (χ0) is 25.8. The normalized spacial score (nSPS) is 13.4. The summed E-state index contributed by atoms with van der Waals surface area (Å²) < 4.78 is 54.2. The summed E-state index contributed by atoms with van der Waals surface area (Å²) in [5.41, 5.74) is 5.78. The molecule has 186 valence electrons. The van der Waals surface area contributed by atoms with Crippen LogP contribution in [0.25, 0.3) is 10.1 Å². The third-order valence-electron chi connectivity index (χ3n) is 4.42. The van der Waals surface area contributed by atoms with Gasteiger partial charge in [0, 0.05) is 10.1 Å². The predicted molar refractivity (Wildman–Crippen MR) is 126 cm³/mol. The highest BCUT2D eigenvalue weighted by molar-refractivity contribution is 7.21. The molecule has 7 nitrogen and oxygen atoms in total. The van der Waals surface area contributed by atoms with Crippen molar-refractivity contribution in [2.24, 2.45) is 10.7 Å². The van der Waals surface area contributed by atoms with Gasteiger partial charge in [0.15, 0.2) is 6.10 Å². The van der Waals surface area contributed by atoms with Crippen molar-refractivity contribution in [1.82, 2.24) is 0 Å². The van der Waals surface area contributed by atoms with Crippen molar-refractivity contribution in [3.63, 3.8) is 0 Å². The van der Waals surface area contributed by atoms with Crippen LogP contribution in [0.3, 0.4) is 0 Å². The first-order valence-electron chi connectivity index (χ1n) is 10.4. The lowest BCUT2D eigenvalue weighted by Gasteiger charge is -2.20. The van der Waals surface area contributed by atoms with Gasteiger partial charge in [0.05, 0.1) is 4.88 Å². The number of halogens is 3. The zero-order valence-corrected chi connectivity index (χ0v) is 19.9. The number of esters is 1. The number of carbonyl (C=O) groups excluding carboxylic acids is 2. The predicted octanol–water partition coefficient (Wildman–Crippen LogP) is 5.77. The lowest BCUT2D eigenvalue weighted by atomic mass is 10.1. The number of nitrogens with zero attached hydrogens (tertiary/aromatic N) is 1. The Balaban J connectivity index is 1.89. The second kappa shape index (κ2) is 10.3. The lowest BCUT2D eigenvalue weighted by Crippen LogP contribution is -2.28. The van der Waals surface area contributed by atoms with Gasteiger partial charge >= 0.3 is 18.2 Å². The van der Waals surface area contributed by atoms with E-state index in [-0.39, 0.29) is 5.84 Å². The van der Waals surface area contributed by atoms with E-state index in [4.69, 9.17) is 15.2 Å². The summed E-state index contributed by atoms with van der Waals surface area (Å²) in [6, 6.07) is 15.2. The Morgan fingerprint density at radius 3 is 2.37 bits per heavy atom. The number of fused-ring (bicyclic) bond motifs is 1. The first-order chi connectivity index (χ1) is 16.3. The van der Waals surface area contributed by atoms with Crippen LogP contribution in [0.15, 0.2) is 59.6 Å². The minimum Gasteiger partial charge on any atom is -0.481 e. The van der Waals surface area contributed by atoms with Gasteiger partial charge in [-0.1, -0.05) is 36.4 Å². The smallest absolute Gasteiger partial charge is 0.481 e. The fourth-order valence-corrected chi connectivity index (χ4v) is 3.93. The molecule has 1 amide bonds. The number of aliphatic imine (C=N–C) groups is 1. The lowest BCUT2D eigenvalue weighted by molar-refractivity contribution is -0.201. The molecule has 0 radical (unpaired) electrons. The quantitative estimate of drug-likeness (QED) is 0.258. The monoisotopic (exact) mass is 508 g/mol. The minimum absolute atomic E-state index is 0.0508. The Kier molecular flexibility index (Phi) is 7.69. The number of thiophene rings is 1. The maximum atomic E-state index is 12.6. The molecule has 0 aliphatic heterocycles. The van der Waals surface area contributed by atoms with E-state index in [0.29, 0.717) is 21.6 Å². The molecule has 3 rings (SSSR count). The summed E-state index contributed by atoms with van der Waals surface area (Å²) in [6.07, 6.45) is -6.96. The third-order valence-corrected chi connectivity index (χ3v) is 5.54. The summed E-state index contributed by atoms with van der Waals surface area (Å²) in [5, 5.41) is 0.595. The molecule has 3 aromatic rings. The maximum absolute atomic E-state index is 12.6. The van der Waals surface area contributed by atoms with Gasteiger partial charge in [0.1, 0.15) is 23.8 Å². The van der Waals surface area contributed by atoms with Crippen LogP contribution in [0, 0.1) is 0 Å². The number of amides is 1. The van der Waals surface area contributed by atoms with Gasteiger partial charge in [-0.25, -0.2) is 9.59 Å². The first kappa shape index (κ1) is 26.0. The molecule has 11 heteroatoms. The Labute approximate surface area is 203 Å². The topological polar surface area (TPSA) is 100 Å². The second-order valence-electron chi connectivity index (χ2n) is 8.37. The number of ether oxygens (including phenoxy) is 3. The number of hydrogen-bond donors (Lipinski definition) is 1. The van der Waals surface area contributed by atoms with Crippen molar-refractivity contribution in [2.75, 3.05) is 6.61 Å². The van der Waals surface area contributed by atoms with Crippen molar-refractivity contribution < 1.29 is 37.0 Å². The standard InChI is InChI=1S/C24H23F3N2O5S/c1-23(2,3)34-22(31)29-20(28)19-12-15-16(10-7-11-18(15)35-19)33-17(14-8-5-4-6-9-14)13-32-21(30)24(25,26)27/h4-12,17H,13H2,1-3H3,(H2,28,29,31). The molecular weight excluding hydrogens is 485 g/mol. The molecule has 0 aliphatic rings. The number of carbonyl (C=O) groups is 2. The van der Waals surface area contributed by atoms with Gasteiger partial charge in [-0.3, -0.25) is 0 Å². The van der Waals surface area contributed by atoms with Crippen molar-refractivity contribution >= 4 is 39.3 Å². The Hall–Kier alpha value is -3.60. The maximum Gasteiger partial charge on any atom is 0.490 e. The van der Waals surface area contributed by atoms with E-state index < -0.39 is 36.6 Å². The molecule has 0 fully saturated rings. The molecule has 2 aromatic carbocycles. The van der Waals surface area contributed by atoms with Crippen LogP contribution in [0.5, 0.6) is 5.75 Å². The zero-order valence-electron chi connectivity index (χ0n) is 19.1. The number of benzene rings is 2. The molecule has 1 heterocycles. The summed E-state index contributed by atoms with van der Waals surface area (Å²) >= 11 is 1.25. The summed E-state index contributed by atoms with van der Waals surface area (Å²) in [4.78, 5) is 27.5. The van der Waals surface area contributed by atoms with Gasteiger partial charge < -0.3 is 19.9 Å². The highest BCUT2D eigenvalue weighted by Crippen LogP contribution is 2.35. The van der Waals surface area contributed by atoms with E-state index in [9.17, 15) is 22.8 Å². The molecule has 1 aromatic heterocycles. The molecule has 2 N–H and O–H groups in total. The molecular formula is C24H23F3N2O5S. The van der Waals surface area contributed by atoms with E-state index in [1.54, 1.807) is 75.4 Å². The SMILES string of the molecule is CC(C)(C)OC(=O)/N=C(/N)c1cc2c(OC(COC(=O)C(F)(F)F)c3ccccc3)cccc2s1. The van der Waals surface area contributed by atoms with Crippen LogP contribution < -0.4 is 10.5 Å². The second-order valence-corrected chi connectivity index (χ2v) is 9.45. The van der Waals surface area contributed by atoms with Gasteiger partial charge in [0.2, 0.25) is 0 Å². The molecule has 0 bridgehead atoms. The largest absolute Gasteiger partial charge is 0.490 e. The molecule has 1 atom stereocenters. The molecule has 0 spiro atoms. The molecule has 0 aliphatic carbocycles. The first-order valence-corrected chi connectivity index (χ1v) is 11.2. The molecule has 1 unspecified atom stereocenters. The summed E-state index contributed by atoms with van der Waals surface area (Å²) in [5.74, 6) is -2.03. The van der Waals surface area contributed by atoms with Crippen LogP contribution in [0.2, 0.25) is 0 Å². The number of amidine groups is 1. The average molecular weight is 509 g/mol. The van der Waals surface area contributed by atoms with Gasteiger partial charge in [-0.05, 0) is 44.5 Å². The van der Waals surface area contributed by atoms with Gasteiger partial charge in [-0.15, -0.1) is 11.3 Å². The van der Waals surface area contributed by atoms with Crippen LogP contribution in [-0.2, 0) is 14.3 Å². The van der Waals surface area contributed by atoms with E-state index in [2.05, 4.69) is 9.73 Å². The average Bonchev–Trinajstić information content (AvgIpc) is 3.20. The fraction of sp³-hybridized carbons (Fsp3) is 0.292. The Morgan fingerprint density at radius 1 is 1.06 bits per heavy atom. The van der Waals surface area contributed by atoms with E-state index in [1.807, 2.05) is 0 Å². The van der Waals surface area contributed by atoms with Gasteiger partial charge in [-0.2, -0.15) is 18.2 Å². The van der Waals surface area contributed by atoms with Crippen molar-refractivity contribution in [2.45, 2.75) is 38.7 Å². The molecule has 0 saturated heterocycles. The van der Waals surface area contributed by atoms with Crippen LogP contribution in [0.4, 0.5) is 18.0 Å². The fourth-order valence-electron chi connectivity index (χ4n) is 2.95. The van der Waals surface area contributed by atoms with Crippen LogP contribution in [0.1, 0.15) is 37.3 Å². The Bertz CT molecular complexity index is 1230. The third kappa shape index (κ3) is 7.19. The van der Waals surface area contributed by atoms with Crippen LogP contribution >= 0.6 is 11.3 Å². The van der Waals surface area contributed by atoms with E-state index in [1.165, 1.54) is 11.3 Å². The Morgan fingerprint density at radius 2 is 1.74 bits per heavy atom. The number of nitrogens with two attached hydrogens (primary N) is 1. The van der Waals surface area contributed by atoms with Crippen LogP contribution in [-0.4, -0.2) is 36.3 Å². The number of rotatable bonds is 6. The highest BCUT2D eigenvalue weighted by atomic mass is 32.1. The van der Waals surface area contributed by atoms with E-state index >= 15 is 0 Å². The van der Waals surface area contributed by atoms with Crippen molar-refractivity contribution in [1.29, 1.82) is 0 Å². The van der Waals surface area contributed by atoms with Gasteiger partial charge in [0.25, 0.3) is 0 Å². The minimum atomic E-state index is -5.12. The van der Waals surface area contributed by atoms with Crippen molar-refractivity contribution in [3.8, 4) is 5.75 Å². The van der Waals surface area contributed by atoms with Crippen molar-refractivity contribution in [3.05, 3.63) is 65.0 Å². The molecule has 35 heavy (non-hydrogen) atoms.